The van der Waals surface area contributed by atoms with Crippen LogP contribution in [0, 0.1) is 20.8 Å². The van der Waals surface area contributed by atoms with Gasteiger partial charge in [0, 0.05) is 5.56 Å². The Labute approximate surface area is 198 Å². The van der Waals surface area contributed by atoms with Gasteiger partial charge in [-0.25, -0.2) is 0 Å². The molecule has 6 nitrogen and oxygen atoms in total. The van der Waals surface area contributed by atoms with Crippen molar-refractivity contribution < 1.29 is 18.7 Å². The van der Waals surface area contributed by atoms with Gasteiger partial charge in [-0.15, -0.1) is 0 Å². The van der Waals surface area contributed by atoms with Crippen LogP contribution in [0.4, 0.5) is 5.69 Å². The van der Waals surface area contributed by atoms with Crippen LogP contribution in [0.1, 0.15) is 23.6 Å². The summed E-state index contributed by atoms with van der Waals surface area (Å²) in [6, 6.07) is 18.5. The van der Waals surface area contributed by atoms with Crippen molar-refractivity contribution in [3.63, 3.8) is 0 Å². The summed E-state index contributed by atoms with van der Waals surface area (Å²) in [7, 11) is 0. The normalized spacial score (nSPS) is 10.8. The molecule has 0 unspecified atom stereocenters. The predicted molar refractivity (Wildman–Crippen MR) is 134 cm³/mol. The van der Waals surface area contributed by atoms with E-state index in [1.54, 1.807) is 24.3 Å². The number of hydrogen-bond acceptors (Lipinski definition) is 5. The Morgan fingerprint density at radius 3 is 2.41 bits per heavy atom. The number of hydrogen-bond donors (Lipinski definition) is 1. The second-order valence-electron chi connectivity index (χ2n) is 8.18. The van der Waals surface area contributed by atoms with Crippen LogP contribution in [-0.2, 0) is 4.79 Å². The Kier molecular flexibility index (Phi) is 6.68. The molecule has 3 aromatic carbocycles. The molecule has 0 atom stereocenters. The molecule has 0 aliphatic carbocycles. The Balaban J connectivity index is 1.70. The van der Waals surface area contributed by atoms with E-state index < -0.39 is 5.91 Å². The molecule has 1 heterocycles. The van der Waals surface area contributed by atoms with E-state index in [9.17, 15) is 9.59 Å². The van der Waals surface area contributed by atoms with E-state index in [0.717, 1.165) is 16.7 Å². The van der Waals surface area contributed by atoms with Crippen LogP contribution in [0.3, 0.4) is 0 Å². The van der Waals surface area contributed by atoms with Crippen LogP contribution in [0.25, 0.3) is 22.3 Å². The van der Waals surface area contributed by atoms with Gasteiger partial charge < -0.3 is 19.2 Å². The monoisotopic (exact) mass is 457 g/mol. The molecule has 0 fully saturated rings. The molecule has 4 rings (SSSR count). The standard InChI is InChI=1S/C28H27NO5/c1-5-32-23-9-7-6-8-22(23)29-24(30)16-33-28-25(31)21-15-18(3)14-19(4)26(21)34-27(28)20-12-10-17(2)11-13-20/h6-15H,5,16H2,1-4H3,(H,29,30). The van der Waals surface area contributed by atoms with E-state index in [4.69, 9.17) is 13.9 Å². The Bertz CT molecular complexity index is 1400. The third-order valence-corrected chi connectivity index (χ3v) is 5.40. The van der Waals surface area contributed by atoms with Crippen molar-refractivity contribution >= 4 is 22.6 Å². The van der Waals surface area contributed by atoms with Crippen LogP contribution < -0.4 is 20.2 Å². The molecule has 1 amide bonds. The summed E-state index contributed by atoms with van der Waals surface area (Å²) >= 11 is 0. The summed E-state index contributed by atoms with van der Waals surface area (Å²) < 4.78 is 17.6. The van der Waals surface area contributed by atoms with Crippen molar-refractivity contribution in [3.05, 3.63) is 87.6 Å². The number of ether oxygens (including phenoxy) is 2. The second-order valence-corrected chi connectivity index (χ2v) is 8.18. The van der Waals surface area contributed by atoms with Gasteiger partial charge in [0.15, 0.2) is 12.4 Å². The molecular formula is C28H27NO5. The van der Waals surface area contributed by atoms with E-state index in [1.807, 2.05) is 64.1 Å². The first kappa shape index (κ1) is 23.1. The first-order valence-corrected chi connectivity index (χ1v) is 11.2. The van der Waals surface area contributed by atoms with Crippen molar-refractivity contribution in [2.75, 3.05) is 18.5 Å². The highest BCUT2D eigenvalue weighted by molar-refractivity contribution is 5.93. The fraction of sp³-hybridized carbons (Fsp3) is 0.214. The van der Waals surface area contributed by atoms with Crippen molar-refractivity contribution in [1.29, 1.82) is 0 Å². The number of carbonyl (C=O) groups is 1. The van der Waals surface area contributed by atoms with E-state index in [-0.39, 0.29) is 17.8 Å². The van der Waals surface area contributed by atoms with Crippen molar-refractivity contribution in [2.24, 2.45) is 0 Å². The van der Waals surface area contributed by atoms with Crippen LogP contribution in [0.2, 0.25) is 0 Å². The maximum Gasteiger partial charge on any atom is 0.262 e. The predicted octanol–water partition coefficient (Wildman–Crippen LogP) is 5.80. The summed E-state index contributed by atoms with van der Waals surface area (Å²) in [4.78, 5) is 26.2. The number of para-hydroxylation sites is 2. The minimum atomic E-state index is -0.415. The largest absolute Gasteiger partial charge is 0.492 e. The van der Waals surface area contributed by atoms with E-state index >= 15 is 0 Å². The van der Waals surface area contributed by atoms with Gasteiger partial charge in [0.25, 0.3) is 5.91 Å². The summed E-state index contributed by atoms with van der Waals surface area (Å²) in [6.45, 7) is 7.79. The number of amides is 1. The molecule has 0 aliphatic rings. The van der Waals surface area contributed by atoms with Crippen molar-refractivity contribution in [1.82, 2.24) is 0 Å². The van der Waals surface area contributed by atoms with E-state index in [2.05, 4.69) is 5.32 Å². The average Bonchev–Trinajstić information content (AvgIpc) is 2.81. The van der Waals surface area contributed by atoms with Crippen molar-refractivity contribution in [2.45, 2.75) is 27.7 Å². The lowest BCUT2D eigenvalue weighted by Crippen LogP contribution is -2.23. The Morgan fingerprint density at radius 1 is 0.941 bits per heavy atom. The zero-order valence-electron chi connectivity index (χ0n) is 19.7. The lowest BCUT2D eigenvalue weighted by atomic mass is 10.0. The summed E-state index contributed by atoms with van der Waals surface area (Å²) in [5, 5.41) is 3.21. The molecule has 174 valence electrons. The fourth-order valence-electron chi connectivity index (χ4n) is 3.83. The van der Waals surface area contributed by atoms with Gasteiger partial charge in [-0.3, -0.25) is 9.59 Å². The number of carbonyl (C=O) groups excluding carboxylic acids is 1. The molecule has 0 saturated carbocycles. The minimum Gasteiger partial charge on any atom is -0.492 e. The van der Waals surface area contributed by atoms with Crippen LogP contribution in [-0.4, -0.2) is 19.1 Å². The third-order valence-electron chi connectivity index (χ3n) is 5.40. The highest BCUT2D eigenvalue weighted by atomic mass is 16.5. The van der Waals surface area contributed by atoms with Crippen molar-refractivity contribution in [3.8, 4) is 22.8 Å². The molecule has 0 aliphatic heterocycles. The number of aryl methyl sites for hydroxylation is 3. The van der Waals surface area contributed by atoms with Gasteiger partial charge in [-0.1, -0.05) is 48.0 Å². The zero-order chi connectivity index (χ0) is 24.2. The number of nitrogens with one attached hydrogen (secondary N) is 1. The van der Waals surface area contributed by atoms with Gasteiger partial charge in [-0.2, -0.15) is 0 Å². The molecule has 4 aromatic rings. The fourth-order valence-corrected chi connectivity index (χ4v) is 3.83. The zero-order valence-corrected chi connectivity index (χ0v) is 19.7. The molecule has 0 radical (unpaired) electrons. The molecule has 1 N–H and O–H groups in total. The molecule has 0 spiro atoms. The number of anilines is 1. The molecule has 1 aromatic heterocycles. The van der Waals surface area contributed by atoms with Gasteiger partial charge in [-0.05, 0) is 57.0 Å². The van der Waals surface area contributed by atoms with Gasteiger partial charge in [0.2, 0.25) is 11.2 Å². The highest BCUT2D eigenvalue weighted by Crippen LogP contribution is 2.33. The molecule has 0 saturated heterocycles. The molecular weight excluding hydrogens is 430 g/mol. The smallest absolute Gasteiger partial charge is 0.262 e. The maximum absolute atomic E-state index is 13.5. The SMILES string of the molecule is CCOc1ccccc1NC(=O)COc1c(-c2ccc(C)cc2)oc2c(C)cc(C)cc2c1=O. The van der Waals surface area contributed by atoms with Crippen LogP contribution >= 0.6 is 0 Å². The summed E-state index contributed by atoms with van der Waals surface area (Å²) in [5.41, 5.74) is 4.30. The lowest BCUT2D eigenvalue weighted by Gasteiger charge is -2.14. The van der Waals surface area contributed by atoms with Gasteiger partial charge in [0.05, 0.1) is 17.7 Å². The maximum atomic E-state index is 13.5. The topological polar surface area (TPSA) is 77.8 Å². The first-order chi connectivity index (χ1) is 16.4. The first-order valence-electron chi connectivity index (χ1n) is 11.2. The van der Waals surface area contributed by atoms with Gasteiger partial charge >= 0.3 is 0 Å². The molecule has 0 bridgehead atoms. The average molecular weight is 458 g/mol. The summed E-state index contributed by atoms with van der Waals surface area (Å²) in [5.74, 6) is 0.457. The minimum absolute atomic E-state index is 0.00889. The number of rotatable bonds is 7. The quantitative estimate of drug-likeness (QED) is 0.379. The number of benzene rings is 3. The summed E-state index contributed by atoms with van der Waals surface area (Å²) in [6.07, 6.45) is 0. The van der Waals surface area contributed by atoms with E-state index in [1.165, 1.54) is 0 Å². The second kappa shape index (κ2) is 9.83. The Hall–Kier alpha value is -4.06. The Morgan fingerprint density at radius 2 is 1.68 bits per heavy atom. The van der Waals surface area contributed by atoms with Crippen LogP contribution in [0.15, 0.2) is 69.9 Å². The van der Waals surface area contributed by atoms with E-state index in [0.29, 0.717) is 40.3 Å². The lowest BCUT2D eigenvalue weighted by molar-refractivity contribution is -0.118. The van der Waals surface area contributed by atoms with Crippen LogP contribution in [0.5, 0.6) is 11.5 Å². The highest BCUT2D eigenvalue weighted by Gasteiger charge is 2.20. The molecule has 34 heavy (non-hydrogen) atoms. The third kappa shape index (κ3) is 4.81. The molecule has 6 heteroatoms. The number of fused-ring (bicyclic) bond motifs is 1. The van der Waals surface area contributed by atoms with Gasteiger partial charge in [0.1, 0.15) is 11.3 Å².